The van der Waals surface area contributed by atoms with Crippen LogP contribution in [0.3, 0.4) is 0 Å². The first-order valence-corrected chi connectivity index (χ1v) is 7.05. The molecule has 1 saturated heterocycles. The van der Waals surface area contributed by atoms with Crippen LogP contribution in [-0.4, -0.2) is 24.9 Å². The molecule has 0 bridgehead atoms. The average Bonchev–Trinajstić information content (AvgIpc) is 2.69. The first kappa shape index (κ1) is 14.4. The van der Waals surface area contributed by atoms with Crippen molar-refractivity contribution in [3.8, 4) is 5.75 Å². The summed E-state index contributed by atoms with van der Waals surface area (Å²) < 4.78 is 11.4. The van der Waals surface area contributed by atoms with Gasteiger partial charge in [0, 0.05) is 6.04 Å². The fourth-order valence-corrected chi connectivity index (χ4v) is 2.82. The third-order valence-corrected chi connectivity index (χ3v) is 3.79. The van der Waals surface area contributed by atoms with E-state index in [1.54, 1.807) is 7.11 Å². The number of nitrogens with two attached hydrogens (primary N) is 1. The molecule has 1 aliphatic rings. The molecular weight excluding hydrogens is 238 g/mol. The monoisotopic (exact) mass is 263 g/mol. The van der Waals surface area contributed by atoms with Gasteiger partial charge in [-0.15, -0.1) is 0 Å². The maximum absolute atomic E-state index is 6.26. The Hall–Kier alpha value is -1.06. The molecule has 1 aliphatic heterocycles. The lowest BCUT2D eigenvalue weighted by Gasteiger charge is -2.22. The number of hydrogen-bond acceptors (Lipinski definition) is 3. The van der Waals surface area contributed by atoms with Gasteiger partial charge in [0.15, 0.2) is 0 Å². The molecule has 2 atom stereocenters. The van der Waals surface area contributed by atoms with Crippen molar-refractivity contribution >= 4 is 0 Å². The molecule has 3 nitrogen and oxygen atoms in total. The Kier molecular flexibility index (Phi) is 4.48. The molecular formula is C16H25NO2. The Morgan fingerprint density at radius 2 is 2.16 bits per heavy atom. The summed E-state index contributed by atoms with van der Waals surface area (Å²) >= 11 is 0. The smallest absolute Gasteiger partial charge is 0.122 e. The molecule has 0 radical (unpaired) electrons. The van der Waals surface area contributed by atoms with Gasteiger partial charge in [0.1, 0.15) is 5.75 Å². The molecule has 0 spiro atoms. The lowest BCUT2D eigenvalue weighted by Crippen LogP contribution is -2.30. The van der Waals surface area contributed by atoms with E-state index >= 15 is 0 Å². The highest BCUT2D eigenvalue weighted by molar-refractivity contribution is 5.33. The van der Waals surface area contributed by atoms with E-state index in [0.29, 0.717) is 6.10 Å². The van der Waals surface area contributed by atoms with Gasteiger partial charge in [-0.1, -0.05) is 18.2 Å². The van der Waals surface area contributed by atoms with Crippen LogP contribution < -0.4 is 10.5 Å². The van der Waals surface area contributed by atoms with Gasteiger partial charge in [0.25, 0.3) is 0 Å². The molecule has 1 fully saturated rings. The topological polar surface area (TPSA) is 44.5 Å². The van der Waals surface area contributed by atoms with Crippen molar-refractivity contribution < 1.29 is 9.47 Å². The second-order valence-corrected chi connectivity index (χ2v) is 6.05. The minimum atomic E-state index is 0.0226. The fourth-order valence-electron chi connectivity index (χ4n) is 2.82. The number of methoxy groups -OCH3 is 1. The summed E-state index contributed by atoms with van der Waals surface area (Å²) in [6.45, 7) is 4.30. The summed E-state index contributed by atoms with van der Waals surface area (Å²) in [5.74, 6) is 0.922. The van der Waals surface area contributed by atoms with Crippen molar-refractivity contribution in [2.45, 2.75) is 57.3 Å². The van der Waals surface area contributed by atoms with Crippen molar-refractivity contribution in [3.05, 3.63) is 29.8 Å². The number of ether oxygens (including phenoxy) is 2. The van der Waals surface area contributed by atoms with E-state index in [1.165, 1.54) is 5.56 Å². The summed E-state index contributed by atoms with van der Waals surface area (Å²) in [7, 11) is 1.70. The number of hydrogen-bond donors (Lipinski definition) is 1. The van der Waals surface area contributed by atoms with Gasteiger partial charge in [-0.05, 0) is 51.2 Å². The second kappa shape index (κ2) is 5.93. The molecule has 2 N–H and O–H groups in total. The maximum Gasteiger partial charge on any atom is 0.122 e. The predicted molar refractivity (Wildman–Crippen MR) is 77.5 cm³/mol. The van der Waals surface area contributed by atoms with E-state index in [4.69, 9.17) is 15.2 Å². The number of para-hydroxylation sites is 1. The molecule has 2 unspecified atom stereocenters. The lowest BCUT2D eigenvalue weighted by molar-refractivity contribution is -0.0205. The van der Waals surface area contributed by atoms with Gasteiger partial charge in [-0.3, -0.25) is 0 Å². The minimum absolute atomic E-state index is 0.0226. The van der Waals surface area contributed by atoms with Gasteiger partial charge in [0.05, 0.1) is 18.8 Å². The zero-order chi connectivity index (χ0) is 13.9. The van der Waals surface area contributed by atoms with Crippen LogP contribution in [0, 0.1) is 0 Å². The van der Waals surface area contributed by atoms with Crippen LogP contribution in [0.5, 0.6) is 5.75 Å². The molecule has 19 heavy (non-hydrogen) atoms. The largest absolute Gasteiger partial charge is 0.496 e. The zero-order valence-electron chi connectivity index (χ0n) is 12.2. The van der Waals surface area contributed by atoms with Crippen LogP contribution in [0.25, 0.3) is 0 Å². The van der Waals surface area contributed by atoms with E-state index in [-0.39, 0.29) is 11.6 Å². The average molecular weight is 263 g/mol. The zero-order valence-corrected chi connectivity index (χ0v) is 12.2. The normalized spacial score (nSPS) is 23.3. The van der Waals surface area contributed by atoms with E-state index in [1.807, 2.05) is 18.2 Å². The van der Waals surface area contributed by atoms with Crippen LogP contribution in [0.4, 0.5) is 0 Å². The highest BCUT2D eigenvalue weighted by atomic mass is 16.5. The SMILES string of the molecule is COc1ccccc1CC(N)CC1CCC(C)(C)O1. The van der Waals surface area contributed by atoms with Crippen molar-refractivity contribution in [3.63, 3.8) is 0 Å². The van der Waals surface area contributed by atoms with E-state index in [9.17, 15) is 0 Å². The first-order chi connectivity index (χ1) is 9.00. The first-order valence-electron chi connectivity index (χ1n) is 7.05. The predicted octanol–water partition coefficient (Wildman–Crippen LogP) is 2.91. The lowest BCUT2D eigenvalue weighted by atomic mass is 9.98. The summed E-state index contributed by atoms with van der Waals surface area (Å²) in [5.41, 5.74) is 7.46. The van der Waals surface area contributed by atoms with Crippen LogP contribution in [-0.2, 0) is 11.2 Å². The Labute approximate surface area is 116 Å². The summed E-state index contributed by atoms with van der Waals surface area (Å²) in [6.07, 6.45) is 4.30. The van der Waals surface area contributed by atoms with Crippen molar-refractivity contribution in [1.82, 2.24) is 0 Å². The standard InChI is InChI=1S/C16H25NO2/c1-16(2)9-8-14(19-16)11-13(17)10-12-6-4-5-7-15(12)18-3/h4-7,13-14H,8-11,17H2,1-3H3. The Morgan fingerprint density at radius 1 is 1.42 bits per heavy atom. The van der Waals surface area contributed by atoms with Gasteiger partial charge < -0.3 is 15.2 Å². The number of rotatable bonds is 5. The van der Waals surface area contributed by atoms with Crippen LogP contribution in [0.15, 0.2) is 24.3 Å². The molecule has 3 heteroatoms. The number of benzene rings is 1. The fraction of sp³-hybridized carbons (Fsp3) is 0.625. The quantitative estimate of drug-likeness (QED) is 0.888. The highest BCUT2D eigenvalue weighted by Gasteiger charge is 2.32. The van der Waals surface area contributed by atoms with Crippen molar-refractivity contribution in [2.75, 3.05) is 7.11 Å². The Morgan fingerprint density at radius 3 is 2.79 bits per heavy atom. The third-order valence-electron chi connectivity index (χ3n) is 3.79. The van der Waals surface area contributed by atoms with Gasteiger partial charge in [-0.25, -0.2) is 0 Å². The molecule has 0 aliphatic carbocycles. The van der Waals surface area contributed by atoms with Crippen molar-refractivity contribution in [2.24, 2.45) is 5.73 Å². The van der Waals surface area contributed by atoms with E-state index in [2.05, 4.69) is 19.9 Å². The Balaban J connectivity index is 1.89. The third kappa shape index (κ3) is 3.95. The van der Waals surface area contributed by atoms with Crippen LogP contribution >= 0.6 is 0 Å². The molecule has 1 heterocycles. The van der Waals surface area contributed by atoms with Gasteiger partial charge in [-0.2, -0.15) is 0 Å². The van der Waals surface area contributed by atoms with E-state index in [0.717, 1.165) is 31.4 Å². The molecule has 0 saturated carbocycles. The molecule has 1 aromatic carbocycles. The molecule has 1 aromatic rings. The van der Waals surface area contributed by atoms with Gasteiger partial charge >= 0.3 is 0 Å². The highest BCUT2D eigenvalue weighted by Crippen LogP contribution is 2.32. The molecule has 2 rings (SSSR count). The van der Waals surface area contributed by atoms with E-state index < -0.39 is 0 Å². The summed E-state index contributed by atoms with van der Waals surface area (Å²) in [5, 5.41) is 0. The summed E-state index contributed by atoms with van der Waals surface area (Å²) in [4.78, 5) is 0. The van der Waals surface area contributed by atoms with Crippen LogP contribution in [0.1, 0.15) is 38.7 Å². The second-order valence-electron chi connectivity index (χ2n) is 6.05. The molecule has 0 amide bonds. The van der Waals surface area contributed by atoms with Gasteiger partial charge in [0.2, 0.25) is 0 Å². The minimum Gasteiger partial charge on any atom is -0.496 e. The Bertz CT molecular complexity index is 417. The van der Waals surface area contributed by atoms with Crippen LogP contribution in [0.2, 0.25) is 0 Å². The molecule has 0 aromatic heterocycles. The molecule has 106 valence electrons. The van der Waals surface area contributed by atoms with Crippen molar-refractivity contribution in [1.29, 1.82) is 0 Å². The summed E-state index contributed by atoms with van der Waals surface area (Å²) in [6, 6.07) is 8.20. The maximum atomic E-state index is 6.26.